The average molecular weight is 368 g/mol. The molecule has 1 aliphatic rings. The molecule has 3 rings (SSSR count). The second-order valence-electron chi connectivity index (χ2n) is 7.15. The van der Waals surface area contributed by atoms with Crippen molar-refractivity contribution < 1.29 is 9.59 Å². The van der Waals surface area contributed by atoms with Gasteiger partial charge < -0.3 is 19.7 Å². The zero-order chi connectivity index (χ0) is 19.4. The van der Waals surface area contributed by atoms with Gasteiger partial charge in [-0.2, -0.15) is 0 Å². The number of anilines is 1. The number of carbonyl (C=O) groups is 2. The van der Waals surface area contributed by atoms with Crippen molar-refractivity contribution in [3.63, 3.8) is 0 Å². The van der Waals surface area contributed by atoms with Crippen LogP contribution in [0.1, 0.15) is 23.4 Å². The molecule has 1 saturated heterocycles. The van der Waals surface area contributed by atoms with Gasteiger partial charge in [0.1, 0.15) is 0 Å². The normalized spacial score (nSPS) is 14.8. The molecular weight excluding hydrogens is 340 g/mol. The van der Waals surface area contributed by atoms with Crippen LogP contribution in [0.5, 0.6) is 0 Å². The zero-order valence-corrected chi connectivity index (χ0v) is 16.4. The van der Waals surface area contributed by atoms with Gasteiger partial charge in [-0.25, -0.2) is 4.79 Å². The molecule has 0 aliphatic carbocycles. The summed E-state index contributed by atoms with van der Waals surface area (Å²) >= 11 is 0. The fourth-order valence-electron chi connectivity index (χ4n) is 3.48. The number of rotatable bonds is 3. The van der Waals surface area contributed by atoms with Crippen LogP contribution in [0.15, 0.2) is 36.4 Å². The molecule has 1 N–H and O–H groups in total. The number of urea groups is 1. The molecule has 3 amide bonds. The molecule has 144 valence electrons. The van der Waals surface area contributed by atoms with E-state index < -0.39 is 0 Å². The van der Waals surface area contributed by atoms with Crippen LogP contribution in [0.2, 0.25) is 0 Å². The summed E-state index contributed by atoms with van der Waals surface area (Å²) in [6.45, 7) is 6.58. The molecule has 2 heterocycles. The Morgan fingerprint density at radius 3 is 2.33 bits per heavy atom. The SMILES string of the molecule is Cc1cc(CC(=O)N2CCCN(C(=O)Nc3ccccc3)CC2)c(C)n1C. The molecule has 27 heavy (non-hydrogen) atoms. The molecule has 0 radical (unpaired) electrons. The van der Waals surface area contributed by atoms with E-state index >= 15 is 0 Å². The molecule has 0 saturated carbocycles. The van der Waals surface area contributed by atoms with Gasteiger partial charge in [-0.3, -0.25) is 4.79 Å². The van der Waals surface area contributed by atoms with Gasteiger partial charge in [-0.05, 0) is 44.0 Å². The van der Waals surface area contributed by atoms with Crippen molar-refractivity contribution in [1.82, 2.24) is 14.4 Å². The predicted octanol–water partition coefficient (Wildman–Crippen LogP) is 2.95. The van der Waals surface area contributed by atoms with E-state index in [0.717, 1.165) is 29.1 Å². The summed E-state index contributed by atoms with van der Waals surface area (Å²) in [5.41, 5.74) is 4.17. The van der Waals surface area contributed by atoms with Gasteiger partial charge in [0.15, 0.2) is 0 Å². The molecule has 0 spiro atoms. The lowest BCUT2D eigenvalue weighted by molar-refractivity contribution is -0.130. The third-order valence-electron chi connectivity index (χ3n) is 5.38. The number of aryl methyl sites for hydroxylation is 1. The van der Waals surface area contributed by atoms with Crippen LogP contribution in [-0.2, 0) is 18.3 Å². The monoisotopic (exact) mass is 368 g/mol. The fraction of sp³-hybridized carbons (Fsp3) is 0.429. The smallest absolute Gasteiger partial charge is 0.321 e. The van der Waals surface area contributed by atoms with E-state index in [0.29, 0.717) is 32.6 Å². The highest BCUT2D eigenvalue weighted by molar-refractivity contribution is 5.89. The number of amides is 3. The number of para-hydroxylation sites is 1. The Bertz CT molecular complexity index is 813. The van der Waals surface area contributed by atoms with Gasteiger partial charge in [0.2, 0.25) is 5.91 Å². The molecular formula is C21H28N4O2. The summed E-state index contributed by atoms with van der Waals surface area (Å²) in [5.74, 6) is 0.133. The molecule has 6 nitrogen and oxygen atoms in total. The minimum Gasteiger partial charge on any atom is -0.352 e. The van der Waals surface area contributed by atoms with E-state index in [1.54, 1.807) is 4.90 Å². The minimum absolute atomic E-state index is 0.106. The predicted molar refractivity (Wildman–Crippen MR) is 107 cm³/mol. The minimum atomic E-state index is -0.106. The highest BCUT2D eigenvalue weighted by Gasteiger charge is 2.23. The molecule has 0 unspecified atom stereocenters. The number of nitrogens with zero attached hydrogens (tertiary/aromatic N) is 3. The van der Waals surface area contributed by atoms with Crippen molar-refractivity contribution in [2.75, 3.05) is 31.5 Å². The third-order valence-corrected chi connectivity index (χ3v) is 5.38. The summed E-state index contributed by atoms with van der Waals surface area (Å²) < 4.78 is 2.11. The lowest BCUT2D eigenvalue weighted by Gasteiger charge is -2.22. The van der Waals surface area contributed by atoms with Gasteiger partial charge in [0.25, 0.3) is 0 Å². The Balaban J connectivity index is 1.56. The van der Waals surface area contributed by atoms with E-state index in [-0.39, 0.29) is 11.9 Å². The fourth-order valence-corrected chi connectivity index (χ4v) is 3.48. The second-order valence-corrected chi connectivity index (χ2v) is 7.15. The molecule has 6 heteroatoms. The molecule has 1 aromatic carbocycles. The maximum atomic E-state index is 12.8. The van der Waals surface area contributed by atoms with Gasteiger partial charge in [-0.1, -0.05) is 18.2 Å². The van der Waals surface area contributed by atoms with Crippen molar-refractivity contribution in [2.45, 2.75) is 26.7 Å². The second kappa shape index (κ2) is 8.29. The van der Waals surface area contributed by atoms with Gasteiger partial charge in [0, 0.05) is 50.3 Å². The highest BCUT2D eigenvalue weighted by atomic mass is 16.2. The summed E-state index contributed by atoms with van der Waals surface area (Å²) in [7, 11) is 2.02. The Hall–Kier alpha value is -2.76. The number of nitrogens with one attached hydrogen (secondary N) is 1. The topological polar surface area (TPSA) is 57.6 Å². The van der Waals surface area contributed by atoms with Crippen LogP contribution >= 0.6 is 0 Å². The van der Waals surface area contributed by atoms with E-state index in [4.69, 9.17) is 0 Å². The Morgan fingerprint density at radius 2 is 1.67 bits per heavy atom. The van der Waals surface area contributed by atoms with Crippen molar-refractivity contribution in [2.24, 2.45) is 7.05 Å². The van der Waals surface area contributed by atoms with Crippen LogP contribution in [0.3, 0.4) is 0 Å². The lowest BCUT2D eigenvalue weighted by atomic mass is 10.1. The zero-order valence-electron chi connectivity index (χ0n) is 16.4. The first kappa shape index (κ1) is 19.0. The Kier molecular flexibility index (Phi) is 5.84. The Morgan fingerprint density at radius 1 is 1.00 bits per heavy atom. The summed E-state index contributed by atoms with van der Waals surface area (Å²) in [6.07, 6.45) is 1.21. The summed E-state index contributed by atoms with van der Waals surface area (Å²) in [6, 6.07) is 11.4. The number of hydrogen-bond donors (Lipinski definition) is 1. The third kappa shape index (κ3) is 4.51. The van der Waals surface area contributed by atoms with Crippen LogP contribution in [0.25, 0.3) is 0 Å². The quantitative estimate of drug-likeness (QED) is 0.906. The molecule has 0 atom stereocenters. The first-order valence-electron chi connectivity index (χ1n) is 9.46. The molecule has 1 aliphatic heterocycles. The van der Waals surface area contributed by atoms with Crippen molar-refractivity contribution in [3.8, 4) is 0 Å². The molecule has 1 fully saturated rings. The maximum absolute atomic E-state index is 12.8. The largest absolute Gasteiger partial charge is 0.352 e. The van der Waals surface area contributed by atoms with Crippen LogP contribution < -0.4 is 5.32 Å². The number of aromatic nitrogens is 1. The van der Waals surface area contributed by atoms with E-state index in [1.165, 1.54) is 0 Å². The standard InChI is InChI=1S/C21H28N4O2/c1-16-14-18(17(2)23(16)3)15-20(26)24-10-7-11-25(13-12-24)21(27)22-19-8-5-4-6-9-19/h4-6,8-9,14H,7,10-13,15H2,1-3H3,(H,22,27). The first-order chi connectivity index (χ1) is 13.0. The van der Waals surface area contributed by atoms with Crippen LogP contribution in [-0.4, -0.2) is 52.5 Å². The molecule has 2 aromatic rings. The average Bonchev–Trinajstić information content (AvgIpc) is 2.86. The number of benzene rings is 1. The van der Waals surface area contributed by atoms with E-state index in [9.17, 15) is 9.59 Å². The lowest BCUT2D eigenvalue weighted by Crippen LogP contribution is -2.39. The van der Waals surface area contributed by atoms with Crippen molar-refractivity contribution in [1.29, 1.82) is 0 Å². The van der Waals surface area contributed by atoms with Gasteiger partial charge >= 0.3 is 6.03 Å². The summed E-state index contributed by atoms with van der Waals surface area (Å²) in [4.78, 5) is 28.9. The van der Waals surface area contributed by atoms with Crippen LogP contribution in [0, 0.1) is 13.8 Å². The van der Waals surface area contributed by atoms with E-state index in [1.807, 2.05) is 49.2 Å². The van der Waals surface area contributed by atoms with Crippen LogP contribution in [0.4, 0.5) is 10.5 Å². The maximum Gasteiger partial charge on any atom is 0.321 e. The molecule has 0 bridgehead atoms. The summed E-state index contributed by atoms with van der Waals surface area (Å²) in [5, 5.41) is 2.92. The number of hydrogen-bond acceptors (Lipinski definition) is 2. The van der Waals surface area contributed by atoms with Gasteiger partial charge in [-0.15, -0.1) is 0 Å². The van der Waals surface area contributed by atoms with Gasteiger partial charge in [0.05, 0.1) is 6.42 Å². The van der Waals surface area contributed by atoms with E-state index in [2.05, 4.69) is 22.9 Å². The highest BCUT2D eigenvalue weighted by Crippen LogP contribution is 2.16. The van der Waals surface area contributed by atoms with Crippen molar-refractivity contribution in [3.05, 3.63) is 53.3 Å². The Labute approximate surface area is 160 Å². The molecule has 1 aromatic heterocycles. The number of carbonyl (C=O) groups excluding carboxylic acids is 2. The van der Waals surface area contributed by atoms with Crippen molar-refractivity contribution >= 4 is 17.6 Å². The first-order valence-corrected chi connectivity index (χ1v) is 9.46.